The molecule has 0 fully saturated rings. The summed E-state index contributed by atoms with van der Waals surface area (Å²) in [6, 6.07) is 7.64. The number of para-hydroxylation sites is 1. The Balaban J connectivity index is 2.97. The van der Waals surface area contributed by atoms with Crippen LogP contribution < -0.4 is 15.8 Å². The molecule has 0 radical (unpaired) electrons. The van der Waals surface area contributed by atoms with Gasteiger partial charge in [0, 0.05) is 6.42 Å². The molecule has 94 valence electrons. The van der Waals surface area contributed by atoms with Gasteiger partial charge in [0.2, 0.25) is 5.91 Å². The first kappa shape index (κ1) is 13.5. The summed E-state index contributed by atoms with van der Waals surface area (Å²) < 4.78 is 5.27. The van der Waals surface area contributed by atoms with Crippen molar-refractivity contribution in [2.75, 3.05) is 13.7 Å². The summed E-state index contributed by atoms with van der Waals surface area (Å²) in [6.07, 6.45) is 0.514. The molecule has 0 aromatic heterocycles. The van der Waals surface area contributed by atoms with E-state index in [4.69, 9.17) is 10.5 Å². The number of amides is 1. The summed E-state index contributed by atoms with van der Waals surface area (Å²) in [7, 11) is 1.62. The molecule has 0 aliphatic heterocycles. The van der Waals surface area contributed by atoms with Crippen molar-refractivity contribution >= 4 is 5.91 Å². The third-order valence-corrected chi connectivity index (χ3v) is 2.85. The molecule has 1 aromatic carbocycles. The van der Waals surface area contributed by atoms with E-state index in [1.54, 1.807) is 7.11 Å². The van der Waals surface area contributed by atoms with Crippen LogP contribution in [-0.4, -0.2) is 25.1 Å². The van der Waals surface area contributed by atoms with Crippen LogP contribution >= 0.6 is 0 Å². The average molecular weight is 236 g/mol. The van der Waals surface area contributed by atoms with Crippen molar-refractivity contribution in [3.63, 3.8) is 0 Å². The van der Waals surface area contributed by atoms with Crippen LogP contribution in [0.4, 0.5) is 0 Å². The first-order chi connectivity index (χ1) is 8.03. The van der Waals surface area contributed by atoms with Crippen LogP contribution in [0.25, 0.3) is 0 Å². The van der Waals surface area contributed by atoms with Crippen LogP contribution in [-0.2, 0) is 11.2 Å². The molecule has 0 saturated heterocycles. The van der Waals surface area contributed by atoms with Crippen LogP contribution in [0, 0.1) is 0 Å². The number of methoxy groups -OCH3 is 1. The quantitative estimate of drug-likeness (QED) is 0.777. The fourth-order valence-electron chi connectivity index (χ4n) is 1.86. The van der Waals surface area contributed by atoms with E-state index in [1.807, 2.05) is 38.1 Å². The maximum absolute atomic E-state index is 11.5. The predicted molar refractivity (Wildman–Crippen MR) is 68.0 cm³/mol. The van der Waals surface area contributed by atoms with E-state index >= 15 is 0 Å². The van der Waals surface area contributed by atoms with Crippen LogP contribution in [0.1, 0.15) is 19.4 Å². The number of hydrogen-bond donors (Lipinski definition) is 2. The fourth-order valence-corrected chi connectivity index (χ4v) is 1.86. The molecule has 0 aliphatic carbocycles. The summed E-state index contributed by atoms with van der Waals surface area (Å²) >= 11 is 0. The molecule has 0 bridgehead atoms. The van der Waals surface area contributed by atoms with E-state index in [0.29, 0.717) is 13.0 Å². The van der Waals surface area contributed by atoms with Gasteiger partial charge in [-0.1, -0.05) is 25.1 Å². The van der Waals surface area contributed by atoms with Crippen LogP contribution in [0.3, 0.4) is 0 Å². The van der Waals surface area contributed by atoms with Gasteiger partial charge in [-0.3, -0.25) is 4.79 Å². The number of nitrogens with two attached hydrogens (primary N) is 1. The third-order valence-electron chi connectivity index (χ3n) is 2.85. The number of hydrogen-bond acceptors (Lipinski definition) is 3. The predicted octanol–water partition coefficient (Wildman–Crippen LogP) is 1.09. The SMILES string of the molecule is CCNC(C)(Cc1ccccc1OC)C(N)=O. The number of nitrogens with one attached hydrogen (secondary N) is 1. The smallest absolute Gasteiger partial charge is 0.237 e. The van der Waals surface area contributed by atoms with Crippen molar-refractivity contribution in [2.24, 2.45) is 5.73 Å². The monoisotopic (exact) mass is 236 g/mol. The van der Waals surface area contributed by atoms with Crippen LogP contribution in [0.15, 0.2) is 24.3 Å². The largest absolute Gasteiger partial charge is 0.496 e. The Labute approximate surface area is 102 Å². The van der Waals surface area contributed by atoms with E-state index in [9.17, 15) is 4.79 Å². The molecule has 1 rings (SSSR count). The van der Waals surface area contributed by atoms with Gasteiger partial charge in [0.25, 0.3) is 0 Å². The van der Waals surface area contributed by atoms with E-state index in [1.165, 1.54) is 0 Å². The maximum Gasteiger partial charge on any atom is 0.237 e. The lowest BCUT2D eigenvalue weighted by Gasteiger charge is -2.27. The molecule has 1 aromatic rings. The van der Waals surface area contributed by atoms with Gasteiger partial charge < -0.3 is 15.8 Å². The Morgan fingerprint density at radius 1 is 1.47 bits per heavy atom. The summed E-state index contributed by atoms with van der Waals surface area (Å²) in [4.78, 5) is 11.5. The lowest BCUT2D eigenvalue weighted by Crippen LogP contribution is -2.54. The highest BCUT2D eigenvalue weighted by Gasteiger charge is 2.31. The zero-order valence-corrected chi connectivity index (χ0v) is 10.6. The van der Waals surface area contributed by atoms with Crippen molar-refractivity contribution in [3.8, 4) is 5.75 Å². The van der Waals surface area contributed by atoms with E-state index in [2.05, 4.69) is 5.32 Å². The molecule has 0 saturated carbocycles. The van der Waals surface area contributed by atoms with E-state index in [-0.39, 0.29) is 5.91 Å². The minimum atomic E-state index is -0.747. The second-order valence-corrected chi connectivity index (χ2v) is 4.22. The van der Waals surface area contributed by atoms with Gasteiger partial charge in [-0.2, -0.15) is 0 Å². The molecule has 4 heteroatoms. The highest BCUT2D eigenvalue weighted by atomic mass is 16.5. The third kappa shape index (κ3) is 3.20. The topological polar surface area (TPSA) is 64.3 Å². The van der Waals surface area contributed by atoms with Crippen molar-refractivity contribution in [2.45, 2.75) is 25.8 Å². The first-order valence-electron chi connectivity index (χ1n) is 5.70. The molecule has 17 heavy (non-hydrogen) atoms. The minimum absolute atomic E-state index is 0.356. The van der Waals surface area contributed by atoms with Gasteiger partial charge in [-0.05, 0) is 25.1 Å². The van der Waals surface area contributed by atoms with Crippen molar-refractivity contribution in [1.29, 1.82) is 0 Å². The van der Waals surface area contributed by atoms with E-state index in [0.717, 1.165) is 11.3 Å². The molecule has 3 N–H and O–H groups in total. The number of rotatable bonds is 6. The van der Waals surface area contributed by atoms with Gasteiger partial charge in [0.05, 0.1) is 12.6 Å². The number of ether oxygens (including phenoxy) is 1. The molecule has 1 unspecified atom stereocenters. The zero-order chi connectivity index (χ0) is 12.9. The highest BCUT2D eigenvalue weighted by molar-refractivity contribution is 5.84. The number of carbonyl (C=O) groups excluding carboxylic acids is 1. The van der Waals surface area contributed by atoms with Gasteiger partial charge >= 0.3 is 0 Å². The number of primary amides is 1. The Morgan fingerprint density at radius 2 is 2.12 bits per heavy atom. The summed E-state index contributed by atoms with van der Waals surface area (Å²) in [5.74, 6) is 0.420. The number of carbonyl (C=O) groups is 1. The minimum Gasteiger partial charge on any atom is -0.496 e. The molecular weight excluding hydrogens is 216 g/mol. The van der Waals surface area contributed by atoms with Crippen LogP contribution in [0.5, 0.6) is 5.75 Å². The lowest BCUT2D eigenvalue weighted by molar-refractivity contribution is -0.123. The van der Waals surface area contributed by atoms with Crippen molar-refractivity contribution < 1.29 is 9.53 Å². The van der Waals surface area contributed by atoms with Crippen molar-refractivity contribution in [3.05, 3.63) is 29.8 Å². The average Bonchev–Trinajstić information content (AvgIpc) is 2.30. The Morgan fingerprint density at radius 3 is 2.65 bits per heavy atom. The number of likely N-dealkylation sites (N-methyl/N-ethyl adjacent to an activating group) is 1. The summed E-state index contributed by atoms with van der Waals surface area (Å²) in [5, 5.41) is 3.13. The highest BCUT2D eigenvalue weighted by Crippen LogP contribution is 2.22. The zero-order valence-electron chi connectivity index (χ0n) is 10.6. The normalized spacial score (nSPS) is 14.1. The van der Waals surface area contributed by atoms with Gasteiger partial charge in [0.15, 0.2) is 0 Å². The Kier molecular flexibility index (Phi) is 4.52. The first-order valence-corrected chi connectivity index (χ1v) is 5.70. The fraction of sp³-hybridized carbons (Fsp3) is 0.462. The molecule has 0 spiro atoms. The molecular formula is C13H20N2O2. The van der Waals surface area contributed by atoms with Gasteiger partial charge in [-0.25, -0.2) is 0 Å². The van der Waals surface area contributed by atoms with Gasteiger partial charge in [0.1, 0.15) is 5.75 Å². The summed E-state index contributed by atoms with van der Waals surface area (Å²) in [5.41, 5.74) is 5.68. The maximum atomic E-state index is 11.5. The second-order valence-electron chi connectivity index (χ2n) is 4.22. The molecule has 0 aliphatic rings. The lowest BCUT2D eigenvalue weighted by atomic mass is 9.91. The second kappa shape index (κ2) is 5.68. The molecule has 1 amide bonds. The molecule has 4 nitrogen and oxygen atoms in total. The number of benzene rings is 1. The molecule has 1 atom stereocenters. The Bertz CT molecular complexity index is 393. The van der Waals surface area contributed by atoms with Gasteiger partial charge in [-0.15, -0.1) is 0 Å². The molecule has 0 heterocycles. The summed E-state index contributed by atoms with van der Waals surface area (Å²) in [6.45, 7) is 4.45. The van der Waals surface area contributed by atoms with Crippen molar-refractivity contribution in [1.82, 2.24) is 5.32 Å². The van der Waals surface area contributed by atoms with Crippen LogP contribution in [0.2, 0.25) is 0 Å². The standard InChI is InChI=1S/C13H20N2O2/c1-4-15-13(2,12(14)16)9-10-7-5-6-8-11(10)17-3/h5-8,15H,4,9H2,1-3H3,(H2,14,16). The Hall–Kier alpha value is -1.55. The van der Waals surface area contributed by atoms with E-state index < -0.39 is 5.54 Å².